The second-order valence-corrected chi connectivity index (χ2v) is 8.89. The molecule has 0 radical (unpaired) electrons. The maximum atomic E-state index is 9.81. The first kappa shape index (κ1) is 23.9. The zero-order valence-corrected chi connectivity index (χ0v) is 20.0. The summed E-state index contributed by atoms with van der Waals surface area (Å²) in [6.07, 6.45) is 8.60. The molecule has 0 saturated carbocycles. The van der Waals surface area contributed by atoms with Crippen LogP contribution in [0.25, 0.3) is 0 Å². The second-order valence-electron chi connectivity index (χ2n) is 8.89. The van der Waals surface area contributed by atoms with E-state index in [0.717, 1.165) is 42.7 Å². The summed E-state index contributed by atoms with van der Waals surface area (Å²) in [5, 5.41) is 13.5. The van der Waals surface area contributed by atoms with Crippen molar-refractivity contribution in [2.45, 2.75) is 58.9 Å². The molecule has 0 saturated heterocycles. The summed E-state index contributed by atoms with van der Waals surface area (Å²) in [4.78, 5) is 2.27. The van der Waals surface area contributed by atoms with Crippen LogP contribution in [0.15, 0.2) is 46.7 Å². The fraction of sp³-hybridized carbons (Fsp3) is 0.500. The lowest BCUT2D eigenvalue weighted by molar-refractivity contribution is 0.170. The van der Waals surface area contributed by atoms with Crippen LogP contribution in [0.1, 0.15) is 63.6 Å². The standard InChI is InChI=1S/C26H36N2O4/c1-17(2)8-7-9-18(3)10-11-19(4)21(27-29)15-22-24-20(12-13-28(22)5)14-23-25(26(24)30-6)32-16-31-23/h8,10,14,22,29H,4,7,9,11-13,15-16H2,1-3,5-6H3. The van der Waals surface area contributed by atoms with Crippen LogP contribution < -0.4 is 14.2 Å². The Kier molecular flexibility index (Phi) is 8.02. The summed E-state index contributed by atoms with van der Waals surface area (Å²) in [6, 6.07) is 2.05. The molecule has 3 rings (SSSR count). The zero-order valence-electron chi connectivity index (χ0n) is 20.0. The van der Waals surface area contributed by atoms with E-state index in [-0.39, 0.29) is 12.8 Å². The highest BCUT2D eigenvalue weighted by atomic mass is 16.7. The van der Waals surface area contributed by atoms with Crippen molar-refractivity contribution in [3.63, 3.8) is 0 Å². The van der Waals surface area contributed by atoms with Crippen LogP contribution in [0.4, 0.5) is 0 Å². The summed E-state index contributed by atoms with van der Waals surface area (Å²) < 4.78 is 17.1. The summed E-state index contributed by atoms with van der Waals surface area (Å²) in [5.41, 5.74) is 6.36. The van der Waals surface area contributed by atoms with Gasteiger partial charge in [-0.1, -0.05) is 35.0 Å². The molecule has 2 heterocycles. The van der Waals surface area contributed by atoms with Crippen molar-refractivity contribution in [2.75, 3.05) is 27.5 Å². The Bertz CT molecular complexity index is 942. The molecule has 6 heteroatoms. The molecule has 2 aliphatic rings. The number of fused-ring (bicyclic) bond motifs is 2. The van der Waals surface area contributed by atoms with Crippen LogP contribution in [0, 0.1) is 0 Å². The molecule has 0 aliphatic carbocycles. The third kappa shape index (κ3) is 5.36. The molecule has 1 aromatic carbocycles. The van der Waals surface area contributed by atoms with Gasteiger partial charge in [-0.2, -0.15) is 0 Å². The van der Waals surface area contributed by atoms with Gasteiger partial charge in [0.15, 0.2) is 11.5 Å². The maximum Gasteiger partial charge on any atom is 0.231 e. The van der Waals surface area contributed by atoms with Gasteiger partial charge in [-0.05, 0) is 70.7 Å². The molecule has 0 amide bonds. The predicted octanol–water partition coefficient (Wildman–Crippen LogP) is 5.81. The highest BCUT2D eigenvalue weighted by molar-refractivity contribution is 6.00. The van der Waals surface area contributed by atoms with Crippen molar-refractivity contribution in [3.8, 4) is 17.2 Å². The fourth-order valence-corrected chi connectivity index (χ4v) is 4.33. The van der Waals surface area contributed by atoms with Gasteiger partial charge in [0, 0.05) is 24.6 Å². The predicted molar refractivity (Wildman–Crippen MR) is 128 cm³/mol. The molecular weight excluding hydrogens is 404 g/mol. The van der Waals surface area contributed by atoms with Gasteiger partial charge >= 0.3 is 0 Å². The van der Waals surface area contributed by atoms with Crippen LogP contribution in [-0.4, -0.2) is 43.3 Å². The zero-order chi connectivity index (χ0) is 23.3. The highest BCUT2D eigenvalue weighted by Gasteiger charge is 2.34. The highest BCUT2D eigenvalue weighted by Crippen LogP contribution is 2.50. The number of hydrogen-bond acceptors (Lipinski definition) is 6. The maximum absolute atomic E-state index is 9.81. The Morgan fingerprint density at radius 3 is 2.78 bits per heavy atom. The van der Waals surface area contributed by atoms with E-state index >= 15 is 0 Å². The quantitative estimate of drug-likeness (QED) is 0.227. The van der Waals surface area contributed by atoms with E-state index in [1.165, 1.54) is 16.7 Å². The third-order valence-electron chi connectivity index (χ3n) is 6.25. The van der Waals surface area contributed by atoms with Crippen LogP contribution in [-0.2, 0) is 6.42 Å². The van der Waals surface area contributed by atoms with E-state index in [1.54, 1.807) is 7.11 Å². The molecule has 1 unspecified atom stereocenters. The van der Waals surface area contributed by atoms with E-state index in [2.05, 4.69) is 62.7 Å². The number of hydrogen-bond donors (Lipinski definition) is 1. The van der Waals surface area contributed by atoms with E-state index in [9.17, 15) is 5.21 Å². The van der Waals surface area contributed by atoms with Crippen molar-refractivity contribution in [1.29, 1.82) is 0 Å². The van der Waals surface area contributed by atoms with E-state index in [0.29, 0.717) is 30.1 Å². The average Bonchev–Trinajstić information content (AvgIpc) is 3.23. The number of methoxy groups -OCH3 is 1. The number of rotatable bonds is 9. The van der Waals surface area contributed by atoms with E-state index in [1.807, 2.05) is 0 Å². The number of benzene rings is 1. The first-order valence-electron chi connectivity index (χ1n) is 11.2. The lowest BCUT2D eigenvalue weighted by Gasteiger charge is -2.36. The monoisotopic (exact) mass is 440 g/mol. The molecule has 32 heavy (non-hydrogen) atoms. The van der Waals surface area contributed by atoms with Gasteiger partial charge in [-0.15, -0.1) is 0 Å². The fourth-order valence-electron chi connectivity index (χ4n) is 4.33. The summed E-state index contributed by atoms with van der Waals surface area (Å²) in [6.45, 7) is 11.7. The van der Waals surface area contributed by atoms with Gasteiger partial charge in [-0.3, -0.25) is 4.90 Å². The minimum atomic E-state index is -0.00593. The SMILES string of the molecule is C=C(CC=C(C)CCC=C(C)C)C(CC1c2c(cc3c(c2OC)OCO3)CCN1C)=NO. The largest absolute Gasteiger partial charge is 0.492 e. The van der Waals surface area contributed by atoms with Gasteiger partial charge in [0.1, 0.15) is 0 Å². The average molecular weight is 441 g/mol. The molecule has 1 atom stereocenters. The molecule has 174 valence electrons. The van der Waals surface area contributed by atoms with Crippen molar-refractivity contribution >= 4 is 5.71 Å². The third-order valence-corrected chi connectivity index (χ3v) is 6.25. The summed E-state index contributed by atoms with van der Waals surface area (Å²) in [7, 11) is 3.74. The van der Waals surface area contributed by atoms with E-state index < -0.39 is 0 Å². The number of nitrogens with zero attached hydrogens (tertiary/aromatic N) is 2. The van der Waals surface area contributed by atoms with Crippen molar-refractivity contribution in [1.82, 2.24) is 4.90 Å². The lowest BCUT2D eigenvalue weighted by Crippen LogP contribution is -2.34. The Morgan fingerprint density at radius 2 is 2.09 bits per heavy atom. The van der Waals surface area contributed by atoms with Crippen LogP contribution in [0.3, 0.4) is 0 Å². The molecular formula is C26H36N2O4. The molecule has 6 nitrogen and oxygen atoms in total. The van der Waals surface area contributed by atoms with Gasteiger partial charge < -0.3 is 19.4 Å². The van der Waals surface area contributed by atoms with Crippen molar-refractivity contribution < 1.29 is 19.4 Å². The van der Waals surface area contributed by atoms with Gasteiger partial charge in [0.25, 0.3) is 0 Å². The van der Waals surface area contributed by atoms with E-state index in [4.69, 9.17) is 14.2 Å². The van der Waals surface area contributed by atoms with Crippen LogP contribution in [0.5, 0.6) is 17.2 Å². The lowest BCUT2D eigenvalue weighted by atomic mass is 9.87. The van der Waals surface area contributed by atoms with Crippen molar-refractivity contribution in [3.05, 3.63) is 52.6 Å². The molecule has 0 fully saturated rings. The smallest absolute Gasteiger partial charge is 0.231 e. The minimum absolute atomic E-state index is 0.00593. The Balaban J connectivity index is 1.77. The Morgan fingerprint density at radius 1 is 1.31 bits per heavy atom. The van der Waals surface area contributed by atoms with Crippen molar-refractivity contribution in [2.24, 2.45) is 5.16 Å². The number of oxime groups is 1. The molecule has 0 aromatic heterocycles. The van der Waals surface area contributed by atoms with Crippen LogP contribution >= 0.6 is 0 Å². The van der Waals surface area contributed by atoms with Crippen LogP contribution in [0.2, 0.25) is 0 Å². The molecule has 2 aliphatic heterocycles. The Hall–Kier alpha value is -2.73. The van der Waals surface area contributed by atoms with Gasteiger partial charge in [0.05, 0.1) is 12.8 Å². The Labute approximate surface area is 191 Å². The second kappa shape index (κ2) is 10.7. The number of allylic oxidation sites excluding steroid dienone is 5. The minimum Gasteiger partial charge on any atom is -0.492 e. The van der Waals surface area contributed by atoms with Gasteiger partial charge in [0.2, 0.25) is 12.5 Å². The molecule has 1 N–H and O–H groups in total. The van der Waals surface area contributed by atoms with Gasteiger partial charge in [-0.25, -0.2) is 0 Å². The molecule has 0 bridgehead atoms. The molecule has 0 spiro atoms. The normalized spacial score (nSPS) is 18.3. The summed E-state index contributed by atoms with van der Waals surface area (Å²) >= 11 is 0. The number of likely N-dealkylation sites (N-methyl/N-ethyl adjacent to an activating group) is 1. The molecule has 1 aromatic rings. The topological polar surface area (TPSA) is 63.5 Å². The first-order chi connectivity index (χ1) is 15.3. The number of ether oxygens (including phenoxy) is 3. The first-order valence-corrected chi connectivity index (χ1v) is 11.2. The summed E-state index contributed by atoms with van der Waals surface area (Å²) in [5.74, 6) is 2.10.